The topological polar surface area (TPSA) is 39.7 Å². The van der Waals surface area contributed by atoms with Gasteiger partial charge in [-0.3, -0.25) is 0 Å². The van der Waals surface area contributed by atoms with Crippen LogP contribution in [0.25, 0.3) is 0 Å². The summed E-state index contributed by atoms with van der Waals surface area (Å²) in [5, 5.41) is 3.35. The molecule has 1 N–H and O–H groups in total. The minimum atomic E-state index is 0.710. The average molecular weight is 245 g/mol. The van der Waals surface area contributed by atoms with Gasteiger partial charge < -0.3 is 19.5 Å². The van der Waals surface area contributed by atoms with Gasteiger partial charge in [-0.05, 0) is 38.6 Å². The predicted octanol–water partition coefficient (Wildman–Crippen LogP) is 1.45. The first-order chi connectivity index (χ1) is 8.43. The fourth-order valence-electron chi connectivity index (χ4n) is 1.88. The van der Waals surface area contributed by atoms with E-state index in [-0.39, 0.29) is 0 Å². The van der Waals surface area contributed by atoms with E-state index >= 15 is 0 Å². The Morgan fingerprint density at radius 2 is 1.94 bits per heavy atom. The summed E-state index contributed by atoms with van der Waals surface area (Å²) in [6.45, 7) is 9.16. The lowest BCUT2D eigenvalue weighted by atomic mass is 10.0. The zero-order valence-corrected chi connectivity index (χ0v) is 11.1. The molecule has 4 heteroatoms. The summed E-state index contributed by atoms with van der Waals surface area (Å²) in [7, 11) is 0. The van der Waals surface area contributed by atoms with Gasteiger partial charge in [0.05, 0.1) is 6.61 Å². The van der Waals surface area contributed by atoms with Crippen molar-refractivity contribution in [1.82, 2.24) is 5.32 Å². The number of rotatable bonds is 10. The smallest absolute Gasteiger partial charge is 0.0591 e. The molecule has 0 amide bonds. The highest BCUT2D eigenvalue weighted by Gasteiger charge is 2.13. The van der Waals surface area contributed by atoms with Crippen molar-refractivity contribution >= 4 is 0 Å². The van der Waals surface area contributed by atoms with Gasteiger partial charge in [0.2, 0.25) is 0 Å². The lowest BCUT2D eigenvalue weighted by Gasteiger charge is -2.21. The van der Waals surface area contributed by atoms with Crippen LogP contribution in [0.2, 0.25) is 0 Å². The van der Waals surface area contributed by atoms with Crippen LogP contribution in [-0.4, -0.2) is 52.7 Å². The van der Waals surface area contributed by atoms with Crippen LogP contribution in [0.15, 0.2) is 0 Å². The highest BCUT2D eigenvalue weighted by molar-refractivity contribution is 4.62. The molecule has 0 spiro atoms. The van der Waals surface area contributed by atoms with E-state index in [1.54, 1.807) is 0 Å². The van der Waals surface area contributed by atoms with Gasteiger partial charge in [0.25, 0.3) is 0 Å². The Kier molecular flexibility index (Phi) is 9.61. The zero-order chi connectivity index (χ0) is 12.2. The molecule has 4 nitrogen and oxygen atoms in total. The number of hydrogen-bond acceptors (Lipinski definition) is 4. The molecule has 0 aromatic heterocycles. The minimum Gasteiger partial charge on any atom is -0.382 e. The Morgan fingerprint density at radius 3 is 2.71 bits per heavy atom. The Hall–Kier alpha value is -0.160. The first-order valence-electron chi connectivity index (χ1n) is 6.87. The second kappa shape index (κ2) is 11.0. The van der Waals surface area contributed by atoms with Crippen molar-refractivity contribution in [3.8, 4) is 0 Å². The summed E-state index contributed by atoms with van der Waals surface area (Å²) in [4.78, 5) is 0. The maximum Gasteiger partial charge on any atom is 0.0591 e. The largest absolute Gasteiger partial charge is 0.382 e. The van der Waals surface area contributed by atoms with E-state index in [2.05, 4.69) is 5.32 Å². The van der Waals surface area contributed by atoms with Crippen molar-refractivity contribution in [3.63, 3.8) is 0 Å². The van der Waals surface area contributed by atoms with E-state index in [1.165, 1.54) is 0 Å². The van der Waals surface area contributed by atoms with E-state index in [9.17, 15) is 0 Å². The van der Waals surface area contributed by atoms with Crippen molar-refractivity contribution in [2.45, 2.75) is 26.2 Å². The van der Waals surface area contributed by atoms with E-state index in [4.69, 9.17) is 14.2 Å². The average Bonchev–Trinajstić information content (AvgIpc) is 2.38. The molecule has 0 unspecified atom stereocenters. The highest BCUT2D eigenvalue weighted by atomic mass is 16.5. The Morgan fingerprint density at radius 1 is 1.12 bits per heavy atom. The van der Waals surface area contributed by atoms with Crippen molar-refractivity contribution in [1.29, 1.82) is 0 Å². The molecule has 1 heterocycles. The molecule has 1 fully saturated rings. The normalized spacial score (nSPS) is 17.5. The van der Waals surface area contributed by atoms with Gasteiger partial charge in [0, 0.05) is 39.6 Å². The summed E-state index contributed by atoms with van der Waals surface area (Å²) in [6.07, 6.45) is 3.39. The summed E-state index contributed by atoms with van der Waals surface area (Å²) < 4.78 is 16.2. The van der Waals surface area contributed by atoms with Crippen molar-refractivity contribution in [2.24, 2.45) is 5.92 Å². The summed E-state index contributed by atoms with van der Waals surface area (Å²) >= 11 is 0. The lowest BCUT2D eigenvalue weighted by Crippen LogP contribution is -2.25. The summed E-state index contributed by atoms with van der Waals surface area (Å²) in [5.41, 5.74) is 0. The zero-order valence-electron chi connectivity index (χ0n) is 11.1. The van der Waals surface area contributed by atoms with Crippen LogP contribution in [0.4, 0.5) is 0 Å². The van der Waals surface area contributed by atoms with Crippen LogP contribution in [0.1, 0.15) is 26.2 Å². The summed E-state index contributed by atoms with van der Waals surface area (Å²) in [5.74, 6) is 0.710. The molecule has 1 rings (SSSR count). The third-order valence-corrected chi connectivity index (χ3v) is 2.96. The van der Waals surface area contributed by atoms with Gasteiger partial charge in [0.1, 0.15) is 0 Å². The fourth-order valence-corrected chi connectivity index (χ4v) is 1.88. The first kappa shape index (κ1) is 14.9. The van der Waals surface area contributed by atoms with Crippen molar-refractivity contribution in [2.75, 3.05) is 52.7 Å². The molecule has 102 valence electrons. The molecule has 0 aromatic rings. The van der Waals surface area contributed by atoms with E-state index in [0.29, 0.717) is 5.92 Å². The molecule has 1 aliphatic heterocycles. The van der Waals surface area contributed by atoms with Gasteiger partial charge in [-0.1, -0.05) is 0 Å². The second-order valence-corrected chi connectivity index (χ2v) is 4.43. The number of ether oxygens (including phenoxy) is 3. The van der Waals surface area contributed by atoms with E-state index < -0.39 is 0 Å². The van der Waals surface area contributed by atoms with Crippen LogP contribution < -0.4 is 5.32 Å². The fraction of sp³-hybridized carbons (Fsp3) is 1.00. The van der Waals surface area contributed by atoms with Gasteiger partial charge in [0.15, 0.2) is 0 Å². The SMILES string of the molecule is CCOCCCNCCOCC1CCOCC1. The quantitative estimate of drug-likeness (QED) is 0.591. The molecule has 0 aromatic carbocycles. The number of nitrogens with one attached hydrogen (secondary N) is 1. The molecule has 1 aliphatic rings. The van der Waals surface area contributed by atoms with Gasteiger partial charge >= 0.3 is 0 Å². The molecular weight excluding hydrogens is 218 g/mol. The van der Waals surface area contributed by atoms with Crippen LogP contribution in [0.5, 0.6) is 0 Å². The third-order valence-electron chi connectivity index (χ3n) is 2.96. The molecule has 0 bridgehead atoms. The van der Waals surface area contributed by atoms with Gasteiger partial charge in [-0.25, -0.2) is 0 Å². The Bertz CT molecular complexity index is 161. The van der Waals surface area contributed by atoms with Gasteiger partial charge in [-0.2, -0.15) is 0 Å². The molecule has 0 saturated carbocycles. The maximum atomic E-state index is 5.65. The van der Waals surface area contributed by atoms with Gasteiger partial charge in [-0.15, -0.1) is 0 Å². The molecular formula is C13H27NO3. The predicted molar refractivity (Wildman–Crippen MR) is 68.3 cm³/mol. The van der Waals surface area contributed by atoms with Crippen LogP contribution in [0, 0.1) is 5.92 Å². The molecule has 0 atom stereocenters. The van der Waals surface area contributed by atoms with Crippen molar-refractivity contribution in [3.05, 3.63) is 0 Å². The van der Waals surface area contributed by atoms with Crippen LogP contribution in [-0.2, 0) is 14.2 Å². The van der Waals surface area contributed by atoms with E-state index in [1.807, 2.05) is 6.92 Å². The third kappa shape index (κ3) is 8.55. The molecule has 17 heavy (non-hydrogen) atoms. The Balaban J connectivity index is 1.75. The summed E-state index contributed by atoms with van der Waals surface area (Å²) in [6, 6.07) is 0. The standard InChI is InChI=1S/C13H27NO3/c1-2-15-8-3-6-14-7-11-17-12-13-4-9-16-10-5-13/h13-14H,2-12H2,1H3. The number of hydrogen-bond donors (Lipinski definition) is 1. The molecule has 0 radical (unpaired) electrons. The monoisotopic (exact) mass is 245 g/mol. The lowest BCUT2D eigenvalue weighted by molar-refractivity contribution is 0.0214. The Labute approximate surface area is 105 Å². The molecule has 0 aliphatic carbocycles. The molecule has 1 saturated heterocycles. The minimum absolute atomic E-state index is 0.710. The first-order valence-corrected chi connectivity index (χ1v) is 6.87. The van der Waals surface area contributed by atoms with Crippen LogP contribution in [0.3, 0.4) is 0 Å². The van der Waals surface area contributed by atoms with E-state index in [0.717, 1.165) is 72.0 Å². The van der Waals surface area contributed by atoms with Crippen LogP contribution >= 0.6 is 0 Å². The highest BCUT2D eigenvalue weighted by Crippen LogP contribution is 2.14. The second-order valence-electron chi connectivity index (χ2n) is 4.43. The maximum absolute atomic E-state index is 5.65. The van der Waals surface area contributed by atoms with Crippen molar-refractivity contribution < 1.29 is 14.2 Å².